The number of carbonyl (C=O) groups is 1. The van der Waals surface area contributed by atoms with Gasteiger partial charge in [0, 0.05) is 51.9 Å². The van der Waals surface area contributed by atoms with E-state index in [0.717, 1.165) is 38.5 Å². The van der Waals surface area contributed by atoms with Gasteiger partial charge in [-0.1, -0.05) is 42.5 Å². The van der Waals surface area contributed by atoms with Gasteiger partial charge in [0.15, 0.2) is 5.82 Å². The second-order valence-electron chi connectivity index (χ2n) is 8.12. The Balaban J connectivity index is 1.08. The van der Waals surface area contributed by atoms with Gasteiger partial charge in [-0.15, -0.1) is 0 Å². The molecule has 3 aromatic rings. The third-order valence-corrected chi connectivity index (χ3v) is 6.00. The minimum Gasteiger partial charge on any atom is -0.355 e. The topological polar surface area (TPSA) is 83.3 Å². The molecule has 0 atom stereocenters. The first kappa shape index (κ1) is 20.3. The van der Waals surface area contributed by atoms with Gasteiger partial charge in [0.25, 0.3) is 0 Å². The monoisotopic (exact) mass is 430 g/mol. The zero-order valence-corrected chi connectivity index (χ0v) is 17.9. The molecule has 0 unspecified atom stereocenters. The second kappa shape index (κ2) is 9.27. The van der Waals surface area contributed by atoms with Gasteiger partial charge < -0.3 is 9.80 Å². The first-order chi connectivity index (χ1) is 15.8. The van der Waals surface area contributed by atoms with E-state index in [2.05, 4.69) is 54.1 Å². The van der Waals surface area contributed by atoms with E-state index in [1.807, 2.05) is 29.2 Å². The first-order valence-electron chi connectivity index (χ1n) is 10.9. The van der Waals surface area contributed by atoms with Crippen molar-refractivity contribution in [3.05, 3.63) is 67.0 Å². The zero-order chi connectivity index (χ0) is 21.8. The van der Waals surface area contributed by atoms with Crippen LogP contribution in [-0.4, -0.2) is 86.3 Å². The molecule has 5 rings (SSSR count). The van der Waals surface area contributed by atoms with Crippen LogP contribution in [0.25, 0.3) is 11.9 Å². The lowest BCUT2D eigenvalue weighted by Gasteiger charge is -2.43. The normalized spacial score (nSPS) is 17.6. The lowest BCUT2D eigenvalue weighted by molar-refractivity contribution is -0.138. The van der Waals surface area contributed by atoms with Crippen molar-refractivity contribution >= 4 is 17.8 Å². The maximum absolute atomic E-state index is 12.9. The first-order valence-corrected chi connectivity index (χ1v) is 10.9. The summed E-state index contributed by atoms with van der Waals surface area (Å²) < 4.78 is 1.60. The van der Waals surface area contributed by atoms with Crippen molar-refractivity contribution in [3.63, 3.8) is 0 Å². The molecule has 2 aromatic heterocycles. The number of hydrogen-bond acceptors (Lipinski definition) is 7. The van der Waals surface area contributed by atoms with E-state index in [9.17, 15) is 4.79 Å². The molecule has 9 heteroatoms. The van der Waals surface area contributed by atoms with E-state index in [-0.39, 0.29) is 11.8 Å². The highest BCUT2D eigenvalue weighted by molar-refractivity contribution is 5.82. The molecule has 0 bridgehead atoms. The van der Waals surface area contributed by atoms with Crippen LogP contribution in [0.2, 0.25) is 0 Å². The molecule has 0 spiro atoms. The predicted octanol–water partition coefficient (Wildman–Crippen LogP) is 1.35. The number of benzene rings is 1. The molecule has 32 heavy (non-hydrogen) atoms. The van der Waals surface area contributed by atoms with Crippen molar-refractivity contribution in [2.24, 2.45) is 5.92 Å². The lowest BCUT2D eigenvalue weighted by Crippen LogP contribution is -2.58. The predicted molar refractivity (Wildman–Crippen MR) is 121 cm³/mol. The fourth-order valence-corrected chi connectivity index (χ4v) is 4.09. The fourth-order valence-electron chi connectivity index (χ4n) is 4.09. The third kappa shape index (κ3) is 4.52. The molecule has 0 aliphatic carbocycles. The van der Waals surface area contributed by atoms with Crippen molar-refractivity contribution in [2.45, 2.75) is 0 Å². The summed E-state index contributed by atoms with van der Waals surface area (Å²) in [6.45, 7) is 5.69. The summed E-state index contributed by atoms with van der Waals surface area (Å²) in [7, 11) is 0. The summed E-state index contributed by atoms with van der Waals surface area (Å²) in [5.41, 5.74) is 1.22. The van der Waals surface area contributed by atoms with Gasteiger partial charge in [0.05, 0.1) is 5.92 Å². The minimum absolute atomic E-state index is 0.0318. The molecule has 2 saturated heterocycles. The van der Waals surface area contributed by atoms with Crippen LogP contribution in [0.5, 0.6) is 0 Å². The van der Waals surface area contributed by atoms with Gasteiger partial charge in [0.2, 0.25) is 5.91 Å². The van der Waals surface area contributed by atoms with Gasteiger partial charge in [-0.2, -0.15) is 5.10 Å². The summed E-state index contributed by atoms with van der Waals surface area (Å²) in [6.07, 6.45) is 8.95. The van der Waals surface area contributed by atoms with E-state index in [1.54, 1.807) is 11.0 Å². The summed E-state index contributed by atoms with van der Waals surface area (Å²) in [5.74, 6) is 1.76. The summed E-state index contributed by atoms with van der Waals surface area (Å²) in [5, 5.41) is 4.10. The minimum atomic E-state index is 0.0318. The second-order valence-corrected chi connectivity index (χ2v) is 8.12. The van der Waals surface area contributed by atoms with Gasteiger partial charge in [-0.05, 0) is 5.56 Å². The van der Waals surface area contributed by atoms with Crippen molar-refractivity contribution in [2.75, 3.05) is 50.7 Å². The number of aromatic nitrogens is 5. The fraction of sp³-hybridized carbons (Fsp3) is 0.348. The van der Waals surface area contributed by atoms with Gasteiger partial charge in [-0.25, -0.2) is 19.6 Å². The Morgan fingerprint density at radius 1 is 1.00 bits per heavy atom. The van der Waals surface area contributed by atoms with Gasteiger partial charge >= 0.3 is 0 Å². The Kier molecular flexibility index (Phi) is 5.89. The molecular weight excluding hydrogens is 404 g/mol. The smallest absolute Gasteiger partial charge is 0.229 e. The van der Waals surface area contributed by atoms with Crippen LogP contribution >= 0.6 is 0 Å². The molecule has 9 nitrogen and oxygen atoms in total. The lowest BCUT2D eigenvalue weighted by atomic mass is 9.98. The van der Waals surface area contributed by atoms with Crippen molar-refractivity contribution in [3.8, 4) is 5.82 Å². The SMILES string of the molecule is O=C(C1CN(c2cc(-n3cncn3)ncn2)C1)N1CCN(C/C=C/c2ccccc2)CC1. The van der Waals surface area contributed by atoms with Gasteiger partial charge in [0.1, 0.15) is 24.8 Å². The molecular formula is C23H26N8O. The Morgan fingerprint density at radius 3 is 2.53 bits per heavy atom. The summed E-state index contributed by atoms with van der Waals surface area (Å²) >= 11 is 0. The zero-order valence-electron chi connectivity index (χ0n) is 17.9. The molecule has 0 N–H and O–H groups in total. The van der Waals surface area contributed by atoms with E-state index < -0.39 is 0 Å². The van der Waals surface area contributed by atoms with Crippen LogP contribution in [0.3, 0.4) is 0 Å². The molecule has 164 valence electrons. The number of nitrogens with zero attached hydrogens (tertiary/aromatic N) is 8. The summed E-state index contributed by atoms with van der Waals surface area (Å²) in [6, 6.07) is 12.2. The molecule has 4 heterocycles. The number of rotatable bonds is 6. The molecule has 1 aromatic carbocycles. The van der Waals surface area contributed by atoms with E-state index >= 15 is 0 Å². The molecule has 2 aliphatic heterocycles. The number of carbonyl (C=O) groups excluding carboxylic acids is 1. The number of piperazine rings is 1. The van der Waals surface area contributed by atoms with Crippen LogP contribution in [0, 0.1) is 5.92 Å². The highest BCUT2D eigenvalue weighted by Crippen LogP contribution is 2.25. The Hall–Kier alpha value is -3.59. The number of hydrogen-bond donors (Lipinski definition) is 0. The maximum Gasteiger partial charge on any atom is 0.229 e. The van der Waals surface area contributed by atoms with Crippen LogP contribution < -0.4 is 4.90 Å². The van der Waals surface area contributed by atoms with E-state index in [1.165, 1.54) is 18.2 Å². The summed E-state index contributed by atoms with van der Waals surface area (Å²) in [4.78, 5) is 32.0. The van der Waals surface area contributed by atoms with Crippen molar-refractivity contribution in [1.29, 1.82) is 0 Å². The molecule has 1 amide bonds. The molecule has 0 saturated carbocycles. The van der Waals surface area contributed by atoms with Crippen LogP contribution in [0.1, 0.15) is 5.56 Å². The third-order valence-electron chi connectivity index (χ3n) is 6.00. The van der Waals surface area contributed by atoms with Crippen molar-refractivity contribution in [1.82, 2.24) is 34.5 Å². The van der Waals surface area contributed by atoms with Crippen LogP contribution in [0.15, 0.2) is 61.5 Å². The highest BCUT2D eigenvalue weighted by Gasteiger charge is 2.37. The number of amides is 1. The largest absolute Gasteiger partial charge is 0.355 e. The average Bonchev–Trinajstić information content (AvgIpc) is 3.35. The Morgan fingerprint density at radius 2 is 1.78 bits per heavy atom. The number of anilines is 1. The average molecular weight is 431 g/mol. The Bertz CT molecular complexity index is 1050. The Labute approximate surface area is 187 Å². The highest BCUT2D eigenvalue weighted by atomic mass is 16.2. The van der Waals surface area contributed by atoms with E-state index in [4.69, 9.17) is 0 Å². The standard InChI is InChI=1S/C23H26N8O/c32-23(29-11-9-28(10-12-29)8-4-7-19-5-2-1-3-6-19)20-14-30(15-20)21-13-22(26-17-25-21)31-18-24-16-27-31/h1-7,13,16-18,20H,8-12,14-15H2/b7-4+. The van der Waals surface area contributed by atoms with Gasteiger partial charge in [-0.3, -0.25) is 9.69 Å². The molecule has 2 aliphatic rings. The van der Waals surface area contributed by atoms with Crippen LogP contribution in [0.4, 0.5) is 5.82 Å². The van der Waals surface area contributed by atoms with Crippen LogP contribution in [-0.2, 0) is 4.79 Å². The quantitative estimate of drug-likeness (QED) is 0.584. The maximum atomic E-state index is 12.9. The van der Waals surface area contributed by atoms with E-state index in [0.29, 0.717) is 18.9 Å². The molecule has 2 fully saturated rings. The molecule has 0 radical (unpaired) electrons. The van der Waals surface area contributed by atoms with Crippen molar-refractivity contribution < 1.29 is 4.79 Å².